The summed E-state index contributed by atoms with van der Waals surface area (Å²) in [5.41, 5.74) is 3.85. The van der Waals surface area contributed by atoms with Crippen LogP contribution >= 0.6 is 11.6 Å². The summed E-state index contributed by atoms with van der Waals surface area (Å²) in [5.74, 6) is 0.490. The molecule has 0 aliphatic rings. The van der Waals surface area contributed by atoms with Gasteiger partial charge in [-0.1, -0.05) is 23.7 Å². The third kappa shape index (κ3) is 3.09. The van der Waals surface area contributed by atoms with Gasteiger partial charge in [0.15, 0.2) is 0 Å². The molecule has 1 amide bonds. The van der Waals surface area contributed by atoms with Crippen molar-refractivity contribution in [3.63, 3.8) is 0 Å². The Kier molecular flexibility index (Phi) is 3.91. The molecule has 0 unspecified atom stereocenters. The first-order valence-corrected chi connectivity index (χ1v) is 8.05. The van der Waals surface area contributed by atoms with Crippen LogP contribution in [0.1, 0.15) is 10.4 Å². The van der Waals surface area contributed by atoms with Crippen LogP contribution in [0.15, 0.2) is 66.9 Å². The Hall–Kier alpha value is -3.18. The summed E-state index contributed by atoms with van der Waals surface area (Å²) in [6.07, 6.45) is 1.54. The minimum atomic E-state index is -0.297. The van der Waals surface area contributed by atoms with Crippen molar-refractivity contribution < 1.29 is 4.79 Å². The smallest absolute Gasteiger partial charge is 0.258 e. The topological polar surface area (TPSA) is 70.7 Å². The first kappa shape index (κ1) is 15.4. The first-order valence-electron chi connectivity index (χ1n) is 7.68. The quantitative estimate of drug-likeness (QED) is 0.534. The van der Waals surface area contributed by atoms with Crippen molar-refractivity contribution in [3.05, 3.63) is 77.6 Å². The number of nitrogens with one attached hydrogen (secondary N) is 2. The van der Waals surface area contributed by atoms with E-state index < -0.39 is 0 Å². The van der Waals surface area contributed by atoms with Gasteiger partial charge >= 0.3 is 0 Å². The molecule has 0 saturated heterocycles. The van der Waals surface area contributed by atoms with Crippen LogP contribution in [-0.2, 0) is 0 Å². The van der Waals surface area contributed by atoms with E-state index in [9.17, 15) is 4.79 Å². The van der Waals surface area contributed by atoms with Gasteiger partial charge in [0, 0.05) is 17.4 Å². The van der Waals surface area contributed by atoms with Gasteiger partial charge in [-0.15, -0.1) is 0 Å². The average Bonchev–Trinajstić information content (AvgIpc) is 3.07. The fourth-order valence-corrected chi connectivity index (χ4v) is 2.76. The minimum absolute atomic E-state index is 0.180. The summed E-state index contributed by atoms with van der Waals surface area (Å²) >= 11 is 5.94. The molecule has 4 aromatic rings. The van der Waals surface area contributed by atoms with Gasteiger partial charge in [-0.25, -0.2) is 9.97 Å². The summed E-state index contributed by atoms with van der Waals surface area (Å²) in [5, 5.41) is 2.99. The highest BCUT2D eigenvalue weighted by Gasteiger charge is 2.11. The number of benzene rings is 2. The van der Waals surface area contributed by atoms with E-state index in [0.717, 1.165) is 22.4 Å². The number of fused-ring (bicyclic) bond motifs is 1. The lowest BCUT2D eigenvalue weighted by Crippen LogP contribution is -2.12. The Morgan fingerprint density at radius 1 is 1.00 bits per heavy atom. The number of anilines is 1. The van der Waals surface area contributed by atoms with E-state index in [2.05, 4.69) is 20.3 Å². The van der Waals surface area contributed by atoms with Crippen molar-refractivity contribution in [1.82, 2.24) is 15.0 Å². The zero-order chi connectivity index (χ0) is 17.2. The SMILES string of the molecule is O=C(Nc1ccc(-c2nc3ccccc3[nH]2)cc1)c1cccnc1Cl. The average molecular weight is 349 g/mol. The molecule has 0 aliphatic heterocycles. The molecule has 2 heterocycles. The lowest BCUT2D eigenvalue weighted by atomic mass is 10.2. The summed E-state index contributed by atoms with van der Waals surface area (Å²) in [4.78, 5) is 24.0. The molecule has 2 N–H and O–H groups in total. The lowest BCUT2D eigenvalue weighted by Gasteiger charge is -2.06. The number of aromatic nitrogens is 3. The van der Waals surface area contributed by atoms with Crippen LogP contribution in [0.5, 0.6) is 0 Å². The van der Waals surface area contributed by atoms with Crippen LogP contribution in [0.25, 0.3) is 22.4 Å². The van der Waals surface area contributed by atoms with Gasteiger partial charge in [0.25, 0.3) is 5.91 Å². The van der Waals surface area contributed by atoms with Crippen molar-refractivity contribution in [2.24, 2.45) is 0 Å². The zero-order valence-corrected chi connectivity index (χ0v) is 13.8. The number of rotatable bonds is 3. The highest BCUT2D eigenvalue weighted by Crippen LogP contribution is 2.22. The Morgan fingerprint density at radius 2 is 1.80 bits per heavy atom. The predicted octanol–water partition coefficient (Wildman–Crippen LogP) is 4.53. The van der Waals surface area contributed by atoms with E-state index in [-0.39, 0.29) is 11.1 Å². The maximum absolute atomic E-state index is 12.3. The van der Waals surface area contributed by atoms with Crippen LogP contribution in [0.3, 0.4) is 0 Å². The van der Waals surface area contributed by atoms with E-state index in [1.807, 2.05) is 48.5 Å². The van der Waals surface area contributed by atoms with Crippen molar-refractivity contribution >= 4 is 34.2 Å². The minimum Gasteiger partial charge on any atom is -0.338 e. The van der Waals surface area contributed by atoms with Crippen LogP contribution in [0.2, 0.25) is 5.15 Å². The van der Waals surface area contributed by atoms with E-state index in [1.165, 1.54) is 0 Å². The largest absolute Gasteiger partial charge is 0.338 e. The second-order valence-corrected chi connectivity index (χ2v) is 5.83. The molecule has 6 heteroatoms. The molecule has 25 heavy (non-hydrogen) atoms. The number of carbonyl (C=O) groups excluding carboxylic acids is 1. The van der Waals surface area contributed by atoms with Crippen LogP contribution in [0.4, 0.5) is 5.69 Å². The molecule has 0 saturated carbocycles. The molecule has 4 rings (SSSR count). The number of para-hydroxylation sites is 2. The normalized spacial score (nSPS) is 10.8. The molecule has 0 bridgehead atoms. The van der Waals surface area contributed by atoms with Gasteiger partial charge < -0.3 is 10.3 Å². The Morgan fingerprint density at radius 3 is 2.56 bits per heavy atom. The van der Waals surface area contributed by atoms with E-state index >= 15 is 0 Å². The van der Waals surface area contributed by atoms with Gasteiger partial charge in [-0.2, -0.15) is 0 Å². The van der Waals surface area contributed by atoms with Gasteiger partial charge in [0.05, 0.1) is 16.6 Å². The number of aromatic amines is 1. The fourth-order valence-electron chi connectivity index (χ4n) is 2.55. The number of imidazole rings is 1. The van der Waals surface area contributed by atoms with Crippen molar-refractivity contribution in [1.29, 1.82) is 0 Å². The number of nitrogens with zero attached hydrogens (tertiary/aromatic N) is 2. The second-order valence-electron chi connectivity index (χ2n) is 5.48. The zero-order valence-electron chi connectivity index (χ0n) is 13.0. The number of H-pyrrole nitrogens is 1. The predicted molar refractivity (Wildman–Crippen MR) is 98.7 cm³/mol. The highest BCUT2D eigenvalue weighted by molar-refractivity contribution is 6.33. The van der Waals surface area contributed by atoms with E-state index in [1.54, 1.807) is 18.3 Å². The number of halogens is 1. The molecular weight excluding hydrogens is 336 g/mol. The molecule has 0 radical (unpaired) electrons. The van der Waals surface area contributed by atoms with Crippen LogP contribution in [0, 0.1) is 0 Å². The van der Waals surface area contributed by atoms with Crippen molar-refractivity contribution in [3.8, 4) is 11.4 Å². The Labute approximate surface area is 148 Å². The van der Waals surface area contributed by atoms with E-state index in [0.29, 0.717) is 11.3 Å². The Bertz CT molecular complexity index is 1020. The molecule has 0 atom stereocenters. The summed E-state index contributed by atoms with van der Waals surface area (Å²) < 4.78 is 0. The number of hydrogen-bond acceptors (Lipinski definition) is 3. The van der Waals surface area contributed by atoms with Gasteiger partial charge in [-0.3, -0.25) is 4.79 Å². The summed E-state index contributed by atoms with van der Waals surface area (Å²) in [6.45, 7) is 0. The molecule has 0 fully saturated rings. The summed E-state index contributed by atoms with van der Waals surface area (Å²) in [6, 6.07) is 18.6. The van der Waals surface area contributed by atoms with E-state index in [4.69, 9.17) is 11.6 Å². The lowest BCUT2D eigenvalue weighted by molar-refractivity contribution is 0.102. The molecule has 5 nitrogen and oxygen atoms in total. The number of pyridine rings is 1. The van der Waals surface area contributed by atoms with Crippen molar-refractivity contribution in [2.75, 3.05) is 5.32 Å². The number of amides is 1. The molecule has 0 aliphatic carbocycles. The van der Waals surface area contributed by atoms with Crippen molar-refractivity contribution in [2.45, 2.75) is 0 Å². The van der Waals surface area contributed by atoms with Gasteiger partial charge in [-0.05, 0) is 48.5 Å². The third-order valence-electron chi connectivity index (χ3n) is 3.81. The molecular formula is C19H13ClN4O. The fraction of sp³-hybridized carbons (Fsp3) is 0. The maximum Gasteiger partial charge on any atom is 0.258 e. The second kappa shape index (κ2) is 6.37. The molecule has 122 valence electrons. The molecule has 0 spiro atoms. The van der Waals surface area contributed by atoms with Crippen LogP contribution in [-0.4, -0.2) is 20.9 Å². The Balaban J connectivity index is 1.56. The summed E-state index contributed by atoms with van der Waals surface area (Å²) in [7, 11) is 0. The third-order valence-corrected chi connectivity index (χ3v) is 4.11. The number of carbonyl (C=O) groups is 1. The number of hydrogen-bond donors (Lipinski definition) is 2. The molecule has 2 aromatic carbocycles. The van der Waals surface area contributed by atoms with Gasteiger partial charge in [0.2, 0.25) is 0 Å². The standard InChI is InChI=1S/C19H13ClN4O/c20-17-14(4-3-11-21-17)19(25)22-13-9-7-12(8-10-13)18-23-15-5-1-2-6-16(15)24-18/h1-11H,(H,22,25)(H,23,24). The van der Waals surface area contributed by atoms with Crippen LogP contribution < -0.4 is 5.32 Å². The monoisotopic (exact) mass is 348 g/mol. The highest BCUT2D eigenvalue weighted by atomic mass is 35.5. The first-order chi connectivity index (χ1) is 12.2. The van der Waals surface area contributed by atoms with Gasteiger partial charge in [0.1, 0.15) is 11.0 Å². The maximum atomic E-state index is 12.3. The molecule has 2 aromatic heterocycles.